The topological polar surface area (TPSA) is 120 Å². The molecule has 3 N–H and O–H groups in total. The molecule has 0 radical (unpaired) electrons. The van der Waals surface area contributed by atoms with Crippen LogP contribution in [0.2, 0.25) is 0 Å². The normalized spacial score (nSPS) is 20.9. The average Bonchev–Trinajstić information content (AvgIpc) is 3.49. The third-order valence-corrected chi connectivity index (χ3v) is 7.23. The molecule has 0 bridgehead atoms. The maximum absolute atomic E-state index is 11.0. The van der Waals surface area contributed by atoms with Gasteiger partial charge in [-0.1, -0.05) is 24.3 Å². The second kappa shape index (κ2) is 8.52. The lowest BCUT2D eigenvalue weighted by molar-refractivity contribution is -0.138. The number of benzene rings is 2. The summed E-state index contributed by atoms with van der Waals surface area (Å²) in [6.07, 6.45) is 8.07. The standard InChI is InChI=1S/C26H26N6O2/c33-25(34)11-15-1-3-16(4-2-15)17-5-7-18(8-6-17)20-10-9-19(14-27-20)26-28-21-12-23-24(31-32-30-23)13-22(21)29-26/h5-8,12-16,30,32H,1-4,9-11H2,(H,33,34). The summed E-state index contributed by atoms with van der Waals surface area (Å²) in [7, 11) is 0. The summed E-state index contributed by atoms with van der Waals surface area (Å²) in [6.45, 7) is 0. The van der Waals surface area contributed by atoms with E-state index < -0.39 is 5.97 Å². The molecule has 0 spiro atoms. The van der Waals surface area contributed by atoms with E-state index in [1.807, 2.05) is 18.3 Å². The first-order chi connectivity index (χ1) is 16.6. The Hall–Kier alpha value is -3.81. The lowest BCUT2D eigenvalue weighted by Crippen LogP contribution is -2.16. The zero-order chi connectivity index (χ0) is 23.1. The molecular weight excluding hydrogens is 428 g/mol. The molecule has 0 unspecified atom stereocenters. The highest BCUT2D eigenvalue weighted by Crippen LogP contribution is 2.37. The summed E-state index contributed by atoms with van der Waals surface area (Å²) in [6, 6.07) is 12.7. The number of H-pyrrole nitrogens is 2. The van der Waals surface area contributed by atoms with Gasteiger partial charge in [0.2, 0.25) is 0 Å². The summed E-state index contributed by atoms with van der Waals surface area (Å²) in [4.78, 5) is 25.1. The molecule has 2 aromatic carbocycles. The molecule has 8 nitrogen and oxygen atoms in total. The Morgan fingerprint density at radius 2 is 1.74 bits per heavy atom. The molecule has 172 valence electrons. The summed E-state index contributed by atoms with van der Waals surface area (Å²) in [5.41, 5.74) is 8.09. The van der Waals surface area contributed by atoms with Crippen molar-refractivity contribution < 1.29 is 9.90 Å². The van der Waals surface area contributed by atoms with Crippen LogP contribution in [0.5, 0.6) is 0 Å². The fourth-order valence-corrected chi connectivity index (χ4v) is 5.30. The number of rotatable bonds is 5. The van der Waals surface area contributed by atoms with E-state index in [1.165, 1.54) is 5.56 Å². The second-order valence-corrected chi connectivity index (χ2v) is 9.42. The van der Waals surface area contributed by atoms with Crippen LogP contribution in [0.3, 0.4) is 0 Å². The predicted octanol–water partition coefficient (Wildman–Crippen LogP) is 5.21. The molecule has 4 aromatic rings. The van der Waals surface area contributed by atoms with E-state index in [4.69, 9.17) is 20.1 Å². The zero-order valence-corrected chi connectivity index (χ0v) is 18.8. The van der Waals surface area contributed by atoms with Crippen molar-refractivity contribution in [3.05, 3.63) is 59.5 Å². The molecule has 0 atom stereocenters. The van der Waals surface area contributed by atoms with Gasteiger partial charge in [0.25, 0.3) is 0 Å². The number of allylic oxidation sites excluding steroid dienone is 1. The Morgan fingerprint density at radius 3 is 2.44 bits per heavy atom. The molecular formula is C26H26N6O2. The van der Waals surface area contributed by atoms with Crippen molar-refractivity contribution >= 4 is 39.3 Å². The van der Waals surface area contributed by atoms with E-state index in [2.05, 4.69) is 39.7 Å². The van der Waals surface area contributed by atoms with Crippen LogP contribution in [-0.2, 0) is 4.79 Å². The Morgan fingerprint density at radius 1 is 0.971 bits per heavy atom. The second-order valence-electron chi connectivity index (χ2n) is 9.42. The minimum absolute atomic E-state index is 0.305. The van der Waals surface area contributed by atoms with Crippen molar-refractivity contribution in [2.45, 2.75) is 50.9 Å². The number of carbonyl (C=O) groups is 1. The maximum Gasteiger partial charge on any atom is 0.303 e. The highest BCUT2D eigenvalue weighted by molar-refractivity contribution is 6.03. The van der Waals surface area contributed by atoms with Gasteiger partial charge in [-0.25, -0.2) is 15.2 Å². The number of nitrogens with zero attached hydrogens (tertiary/aromatic N) is 4. The number of nitrogens with one attached hydrogen (secondary N) is 2. The van der Waals surface area contributed by atoms with Gasteiger partial charge in [-0.15, -0.1) is 0 Å². The highest BCUT2D eigenvalue weighted by atomic mass is 16.4. The van der Waals surface area contributed by atoms with Gasteiger partial charge in [0.15, 0.2) is 5.82 Å². The molecule has 1 aliphatic carbocycles. The Bertz CT molecular complexity index is 1370. The third-order valence-electron chi connectivity index (χ3n) is 7.23. The smallest absolute Gasteiger partial charge is 0.303 e. The summed E-state index contributed by atoms with van der Waals surface area (Å²) in [5, 5.41) is 18.9. The van der Waals surface area contributed by atoms with Gasteiger partial charge in [0, 0.05) is 23.9 Å². The van der Waals surface area contributed by atoms with E-state index >= 15 is 0 Å². The fourth-order valence-electron chi connectivity index (χ4n) is 5.30. The number of aromatic nitrogens is 5. The van der Waals surface area contributed by atoms with Gasteiger partial charge in [-0.05, 0) is 73.6 Å². The molecule has 6 rings (SSSR count). The zero-order valence-electron chi connectivity index (χ0n) is 18.8. The minimum Gasteiger partial charge on any atom is -0.481 e. The van der Waals surface area contributed by atoms with Crippen molar-refractivity contribution in [1.82, 2.24) is 25.4 Å². The van der Waals surface area contributed by atoms with Crippen molar-refractivity contribution in [3.8, 4) is 0 Å². The summed E-state index contributed by atoms with van der Waals surface area (Å²) in [5.74, 6) is 0.927. The van der Waals surface area contributed by atoms with Crippen LogP contribution in [0.25, 0.3) is 27.6 Å². The van der Waals surface area contributed by atoms with Crippen LogP contribution < -0.4 is 0 Å². The first-order valence-electron chi connectivity index (χ1n) is 11.9. The van der Waals surface area contributed by atoms with Crippen molar-refractivity contribution in [3.63, 3.8) is 0 Å². The van der Waals surface area contributed by atoms with E-state index in [-0.39, 0.29) is 0 Å². The first-order valence-corrected chi connectivity index (χ1v) is 11.9. The molecule has 2 aliphatic rings. The number of hydrogen-bond donors (Lipinski definition) is 3. The monoisotopic (exact) mass is 454 g/mol. The number of fused-ring (bicyclic) bond motifs is 2. The van der Waals surface area contributed by atoms with Crippen LogP contribution in [0.4, 0.5) is 0 Å². The molecule has 0 saturated heterocycles. The van der Waals surface area contributed by atoms with Crippen LogP contribution in [0.1, 0.15) is 67.8 Å². The average molecular weight is 455 g/mol. The van der Waals surface area contributed by atoms with E-state index in [1.54, 1.807) is 0 Å². The lowest BCUT2D eigenvalue weighted by Gasteiger charge is -2.28. The Kier molecular flexibility index (Phi) is 5.20. The Balaban J connectivity index is 1.15. The molecule has 1 fully saturated rings. The molecule has 1 saturated carbocycles. The molecule has 8 heteroatoms. The summed E-state index contributed by atoms with van der Waals surface area (Å²) < 4.78 is 0. The summed E-state index contributed by atoms with van der Waals surface area (Å²) >= 11 is 0. The first kappa shape index (κ1) is 20.8. The molecule has 0 amide bonds. The number of carboxylic acid groups (broad SMARTS) is 1. The van der Waals surface area contributed by atoms with Crippen molar-refractivity contribution in [1.29, 1.82) is 0 Å². The quantitative estimate of drug-likeness (QED) is 0.382. The molecule has 2 aromatic heterocycles. The minimum atomic E-state index is -0.675. The number of imidazole rings is 1. The van der Waals surface area contributed by atoms with E-state index in [0.717, 1.165) is 83.3 Å². The van der Waals surface area contributed by atoms with Crippen LogP contribution >= 0.6 is 0 Å². The third kappa shape index (κ3) is 4.00. The SMILES string of the molecule is O=C(O)CC1CCC(c2ccc(C3=NC=C(c4nc5cc6n[nH][nH]c6cc5n4)CC3)cc2)CC1. The number of aliphatic imine (C=N–C) groups is 1. The largest absolute Gasteiger partial charge is 0.481 e. The number of carboxylic acids is 1. The molecule has 3 heterocycles. The van der Waals surface area contributed by atoms with Crippen LogP contribution in [0, 0.1) is 5.92 Å². The van der Waals surface area contributed by atoms with Gasteiger partial charge in [-0.3, -0.25) is 14.9 Å². The van der Waals surface area contributed by atoms with E-state index in [0.29, 0.717) is 18.3 Å². The number of hydrogen-bond acceptors (Lipinski definition) is 5. The highest BCUT2D eigenvalue weighted by Gasteiger charge is 2.24. The van der Waals surface area contributed by atoms with Crippen LogP contribution in [0.15, 0.2) is 47.6 Å². The van der Waals surface area contributed by atoms with Crippen molar-refractivity contribution in [2.24, 2.45) is 10.9 Å². The van der Waals surface area contributed by atoms with E-state index in [9.17, 15) is 4.79 Å². The predicted molar refractivity (Wildman–Crippen MR) is 131 cm³/mol. The fraction of sp³-hybridized carbons (Fsp3) is 0.346. The van der Waals surface area contributed by atoms with Crippen molar-refractivity contribution in [2.75, 3.05) is 0 Å². The molecule has 1 aliphatic heterocycles. The van der Waals surface area contributed by atoms with Gasteiger partial charge in [-0.2, -0.15) is 5.10 Å². The lowest BCUT2D eigenvalue weighted by atomic mass is 9.77. The molecule has 34 heavy (non-hydrogen) atoms. The maximum atomic E-state index is 11.0. The number of aliphatic carboxylic acids is 1. The Labute approximate surface area is 196 Å². The van der Waals surface area contributed by atoms with Crippen LogP contribution in [-0.4, -0.2) is 42.2 Å². The number of aromatic amines is 2. The van der Waals surface area contributed by atoms with Gasteiger partial charge >= 0.3 is 5.97 Å². The van der Waals surface area contributed by atoms with Gasteiger partial charge in [0.05, 0.1) is 16.6 Å². The van der Waals surface area contributed by atoms with Gasteiger partial charge in [0.1, 0.15) is 5.52 Å². The van der Waals surface area contributed by atoms with Gasteiger partial charge < -0.3 is 5.11 Å².